The van der Waals surface area contributed by atoms with Gasteiger partial charge >= 0.3 is 0 Å². The van der Waals surface area contributed by atoms with Gasteiger partial charge in [0.15, 0.2) is 5.82 Å². The van der Waals surface area contributed by atoms with Crippen molar-refractivity contribution in [1.29, 1.82) is 0 Å². The molecule has 1 aliphatic rings. The number of rotatable bonds is 2. The van der Waals surface area contributed by atoms with E-state index < -0.39 is 0 Å². The third-order valence-electron chi connectivity index (χ3n) is 2.94. The second-order valence-corrected chi connectivity index (χ2v) is 4.66. The molecule has 18 heavy (non-hydrogen) atoms. The lowest BCUT2D eigenvalue weighted by Gasteiger charge is -2.22. The summed E-state index contributed by atoms with van der Waals surface area (Å²) in [5, 5.41) is 7.91. The summed E-state index contributed by atoms with van der Waals surface area (Å²) >= 11 is 4.99. The van der Waals surface area contributed by atoms with E-state index in [1.54, 1.807) is 24.2 Å². The Labute approximate surface area is 111 Å². The van der Waals surface area contributed by atoms with E-state index in [0.717, 1.165) is 19.5 Å². The molecule has 7 heteroatoms. The monoisotopic (exact) mass is 265 g/mol. The number of likely N-dealkylation sites (N-methyl/N-ethyl adjacent to an activating group) is 1. The molecule has 0 unspecified atom stereocenters. The molecule has 2 rings (SSSR count). The predicted molar refractivity (Wildman–Crippen MR) is 72.4 cm³/mol. The van der Waals surface area contributed by atoms with Gasteiger partial charge in [-0.2, -0.15) is 5.10 Å². The van der Waals surface area contributed by atoms with Crippen molar-refractivity contribution in [3.05, 3.63) is 17.8 Å². The summed E-state index contributed by atoms with van der Waals surface area (Å²) in [6.45, 7) is 1.77. The van der Waals surface area contributed by atoms with Gasteiger partial charge in [-0.05, 0) is 12.5 Å². The quantitative estimate of drug-likeness (QED) is 0.745. The average Bonchev–Trinajstić information content (AvgIpc) is 2.52. The van der Waals surface area contributed by atoms with Crippen LogP contribution in [-0.2, 0) is 4.79 Å². The standard InChI is InChI=1S/C11H15N5OS/c1-15-5-2-6-16(7-9(15)17)11-8(10(12)18)3-4-13-14-11/h3-4H,2,5-7H2,1H3,(H2,12,18). The Morgan fingerprint density at radius 1 is 1.50 bits per heavy atom. The van der Waals surface area contributed by atoms with Crippen LogP contribution in [0.2, 0.25) is 0 Å². The number of anilines is 1. The van der Waals surface area contributed by atoms with Crippen LogP contribution in [0.5, 0.6) is 0 Å². The van der Waals surface area contributed by atoms with E-state index in [9.17, 15) is 4.79 Å². The van der Waals surface area contributed by atoms with Crippen LogP contribution in [0.15, 0.2) is 12.3 Å². The molecule has 0 atom stereocenters. The minimum atomic E-state index is 0.0621. The molecule has 6 nitrogen and oxygen atoms in total. The minimum absolute atomic E-state index is 0.0621. The van der Waals surface area contributed by atoms with Gasteiger partial charge < -0.3 is 15.5 Å². The Hall–Kier alpha value is -1.76. The number of amides is 1. The Bertz CT molecular complexity index is 478. The first kappa shape index (κ1) is 12.7. The summed E-state index contributed by atoms with van der Waals surface area (Å²) in [5.41, 5.74) is 6.33. The maximum absolute atomic E-state index is 11.9. The molecule has 1 amide bonds. The highest BCUT2D eigenvalue weighted by atomic mass is 32.1. The number of nitrogens with two attached hydrogens (primary N) is 1. The average molecular weight is 265 g/mol. The smallest absolute Gasteiger partial charge is 0.241 e. The molecule has 0 aliphatic carbocycles. The van der Waals surface area contributed by atoms with Crippen molar-refractivity contribution in [2.24, 2.45) is 5.73 Å². The fourth-order valence-electron chi connectivity index (χ4n) is 1.92. The first-order chi connectivity index (χ1) is 8.59. The number of nitrogens with zero attached hydrogens (tertiary/aromatic N) is 4. The normalized spacial score (nSPS) is 16.6. The van der Waals surface area contributed by atoms with E-state index in [-0.39, 0.29) is 17.4 Å². The third-order valence-corrected chi connectivity index (χ3v) is 3.16. The Morgan fingerprint density at radius 2 is 2.28 bits per heavy atom. The number of thiocarbonyl (C=S) groups is 1. The van der Waals surface area contributed by atoms with Gasteiger partial charge in [0.2, 0.25) is 5.91 Å². The maximum atomic E-state index is 11.9. The second-order valence-electron chi connectivity index (χ2n) is 4.22. The Kier molecular flexibility index (Phi) is 3.71. The molecule has 1 aliphatic heterocycles. The van der Waals surface area contributed by atoms with Crippen LogP contribution >= 0.6 is 12.2 Å². The number of carbonyl (C=O) groups excluding carboxylic acids is 1. The lowest BCUT2D eigenvalue weighted by molar-refractivity contribution is -0.127. The van der Waals surface area contributed by atoms with Crippen LogP contribution < -0.4 is 10.6 Å². The molecular formula is C11H15N5OS. The van der Waals surface area contributed by atoms with Crippen molar-refractivity contribution in [3.8, 4) is 0 Å². The summed E-state index contributed by atoms with van der Waals surface area (Å²) in [4.78, 5) is 15.7. The predicted octanol–water partition coefficient (Wildman–Crippen LogP) is -0.221. The fourth-order valence-corrected chi connectivity index (χ4v) is 2.08. The van der Waals surface area contributed by atoms with Crippen LogP contribution in [0.25, 0.3) is 0 Å². The Balaban J connectivity index is 2.31. The van der Waals surface area contributed by atoms with E-state index in [1.165, 1.54) is 0 Å². The number of aromatic nitrogens is 2. The molecule has 0 bridgehead atoms. The van der Waals surface area contributed by atoms with Crippen LogP contribution in [0, 0.1) is 0 Å². The van der Waals surface area contributed by atoms with E-state index in [0.29, 0.717) is 11.4 Å². The van der Waals surface area contributed by atoms with Crippen LogP contribution in [0.3, 0.4) is 0 Å². The highest BCUT2D eigenvalue weighted by molar-refractivity contribution is 7.80. The number of hydrogen-bond acceptors (Lipinski definition) is 5. The fraction of sp³-hybridized carbons (Fsp3) is 0.455. The van der Waals surface area contributed by atoms with Gasteiger partial charge in [0, 0.05) is 20.1 Å². The number of carbonyl (C=O) groups is 1. The molecule has 1 saturated heterocycles. The van der Waals surface area contributed by atoms with Crippen molar-refractivity contribution < 1.29 is 4.79 Å². The molecule has 1 aromatic rings. The zero-order chi connectivity index (χ0) is 13.1. The minimum Gasteiger partial charge on any atom is -0.389 e. The largest absolute Gasteiger partial charge is 0.389 e. The van der Waals surface area contributed by atoms with Gasteiger partial charge in [0.05, 0.1) is 18.3 Å². The zero-order valence-electron chi connectivity index (χ0n) is 10.2. The van der Waals surface area contributed by atoms with Crippen molar-refractivity contribution in [3.63, 3.8) is 0 Å². The highest BCUT2D eigenvalue weighted by Crippen LogP contribution is 2.18. The van der Waals surface area contributed by atoms with E-state index >= 15 is 0 Å². The van der Waals surface area contributed by atoms with Crippen LogP contribution in [0.4, 0.5) is 5.82 Å². The molecule has 96 valence electrons. The summed E-state index contributed by atoms with van der Waals surface area (Å²) in [7, 11) is 1.80. The van der Waals surface area contributed by atoms with Crippen molar-refractivity contribution in [2.45, 2.75) is 6.42 Å². The van der Waals surface area contributed by atoms with Gasteiger partial charge in [0.1, 0.15) is 4.99 Å². The molecule has 2 heterocycles. The lowest BCUT2D eigenvalue weighted by atomic mass is 10.2. The van der Waals surface area contributed by atoms with Gasteiger partial charge in [-0.3, -0.25) is 4.79 Å². The van der Waals surface area contributed by atoms with Crippen molar-refractivity contribution in [1.82, 2.24) is 15.1 Å². The van der Waals surface area contributed by atoms with E-state index in [2.05, 4.69) is 10.2 Å². The maximum Gasteiger partial charge on any atom is 0.241 e. The van der Waals surface area contributed by atoms with Gasteiger partial charge in [-0.1, -0.05) is 12.2 Å². The first-order valence-electron chi connectivity index (χ1n) is 5.70. The summed E-state index contributed by atoms with van der Waals surface area (Å²) < 4.78 is 0. The molecular weight excluding hydrogens is 250 g/mol. The second kappa shape index (κ2) is 5.26. The summed E-state index contributed by atoms with van der Waals surface area (Å²) in [6.07, 6.45) is 2.43. The molecule has 0 spiro atoms. The molecule has 0 aromatic carbocycles. The first-order valence-corrected chi connectivity index (χ1v) is 6.11. The summed E-state index contributed by atoms with van der Waals surface area (Å²) in [6, 6.07) is 1.73. The van der Waals surface area contributed by atoms with E-state index in [4.69, 9.17) is 18.0 Å². The van der Waals surface area contributed by atoms with Gasteiger partial charge in [-0.15, -0.1) is 5.10 Å². The molecule has 2 N–H and O–H groups in total. The summed E-state index contributed by atoms with van der Waals surface area (Å²) in [5.74, 6) is 0.653. The Morgan fingerprint density at radius 3 is 3.00 bits per heavy atom. The molecule has 1 fully saturated rings. The molecule has 0 saturated carbocycles. The van der Waals surface area contributed by atoms with Crippen molar-refractivity contribution >= 4 is 28.9 Å². The van der Waals surface area contributed by atoms with Gasteiger partial charge in [-0.25, -0.2) is 0 Å². The lowest BCUT2D eigenvalue weighted by Crippen LogP contribution is -2.35. The van der Waals surface area contributed by atoms with E-state index in [1.807, 2.05) is 4.90 Å². The molecule has 1 aromatic heterocycles. The zero-order valence-corrected chi connectivity index (χ0v) is 11.0. The molecule has 0 radical (unpaired) electrons. The number of hydrogen-bond donors (Lipinski definition) is 1. The van der Waals surface area contributed by atoms with Crippen LogP contribution in [0.1, 0.15) is 12.0 Å². The third kappa shape index (κ3) is 2.56. The van der Waals surface area contributed by atoms with Crippen LogP contribution in [-0.4, -0.2) is 52.7 Å². The topological polar surface area (TPSA) is 75.3 Å². The SMILES string of the molecule is CN1CCCN(c2nnccc2C(N)=S)CC1=O. The van der Waals surface area contributed by atoms with Gasteiger partial charge in [0.25, 0.3) is 0 Å². The highest BCUT2D eigenvalue weighted by Gasteiger charge is 2.22. The van der Waals surface area contributed by atoms with Crippen molar-refractivity contribution in [2.75, 3.05) is 31.6 Å².